The van der Waals surface area contributed by atoms with Gasteiger partial charge in [-0.05, 0) is 33.1 Å². The summed E-state index contributed by atoms with van der Waals surface area (Å²) in [7, 11) is -3.64. The molecule has 3 rings (SSSR count). The second-order valence-electron chi connectivity index (χ2n) is 7.07. The first-order chi connectivity index (χ1) is 11.9. The van der Waals surface area contributed by atoms with E-state index in [2.05, 4.69) is 5.16 Å². The van der Waals surface area contributed by atoms with Crippen LogP contribution in [0.3, 0.4) is 0 Å². The summed E-state index contributed by atoms with van der Waals surface area (Å²) in [6.45, 7) is 5.08. The molecule has 1 saturated heterocycles. The molecule has 1 amide bonds. The summed E-state index contributed by atoms with van der Waals surface area (Å²) in [5.74, 6) is 0.646. The molecule has 1 aliphatic heterocycles. The van der Waals surface area contributed by atoms with Gasteiger partial charge in [0.05, 0.1) is 0 Å². The van der Waals surface area contributed by atoms with Gasteiger partial charge in [0, 0.05) is 32.1 Å². The lowest BCUT2D eigenvalue weighted by molar-refractivity contribution is -0.136. The molecular formula is C17H27N3O4S. The minimum atomic E-state index is -3.64. The Labute approximate surface area is 149 Å². The van der Waals surface area contributed by atoms with Crippen molar-refractivity contribution < 1.29 is 17.7 Å². The molecule has 0 atom stereocenters. The summed E-state index contributed by atoms with van der Waals surface area (Å²) in [6.07, 6.45) is 6.05. The zero-order valence-electron chi connectivity index (χ0n) is 15.0. The van der Waals surface area contributed by atoms with Gasteiger partial charge in [0.15, 0.2) is 5.76 Å². The van der Waals surface area contributed by atoms with Gasteiger partial charge in [-0.2, -0.15) is 4.31 Å². The van der Waals surface area contributed by atoms with E-state index in [4.69, 9.17) is 4.52 Å². The molecule has 1 aliphatic carbocycles. The van der Waals surface area contributed by atoms with Gasteiger partial charge in [0.2, 0.25) is 15.9 Å². The highest BCUT2D eigenvalue weighted by atomic mass is 32.2. The first-order valence-corrected chi connectivity index (χ1v) is 10.6. The molecule has 0 unspecified atom stereocenters. The summed E-state index contributed by atoms with van der Waals surface area (Å²) in [6, 6.07) is 0. The smallest absolute Gasteiger partial charge is 0.248 e. The zero-order chi connectivity index (χ0) is 18.0. The van der Waals surface area contributed by atoms with Crippen molar-refractivity contribution in [3.8, 4) is 0 Å². The Morgan fingerprint density at radius 2 is 1.76 bits per heavy atom. The third-order valence-corrected chi connectivity index (χ3v) is 7.43. The fraction of sp³-hybridized carbons (Fsp3) is 0.765. The van der Waals surface area contributed by atoms with Crippen LogP contribution < -0.4 is 0 Å². The molecule has 7 nitrogen and oxygen atoms in total. The van der Waals surface area contributed by atoms with Crippen LogP contribution in [0.25, 0.3) is 0 Å². The van der Waals surface area contributed by atoms with Crippen molar-refractivity contribution in [3.05, 3.63) is 11.5 Å². The second kappa shape index (κ2) is 7.45. The predicted molar refractivity (Wildman–Crippen MR) is 92.5 cm³/mol. The summed E-state index contributed by atoms with van der Waals surface area (Å²) < 4.78 is 32.4. The van der Waals surface area contributed by atoms with Gasteiger partial charge >= 0.3 is 0 Å². The lowest BCUT2D eigenvalue weighted by atomic mass is 9.88. The molecule has 0 bridgehead atoms. The van der Waals surface area contributed by atoms with Crippen LogP contribution >= 0.6 is 0 Å². The number of aryl methyl sites for hydroxylation is 2. The van der Waals surface area contributed by atoms with Gasteiger partial charge in [-0.25, -0.2) is 8.42 Å². The van der Waals surface area contributed by atoms with Crippen molar-refractivity contribution in [2.24, 2.45) is 5.92 Å². The van der Waals surface area contributed by atoms with E-state index in [1.807, 2.05) is 4.90 Å². The quantitative estimate of drug-likeness (QED) is 0.815. The SMILES string of the molecule is Cc1noc(C)c1S(=O)(=O)N1CCCN(C(=O)C2CCCCC2)CC1. The Morgan fingerprint density at radius 1 is 1.04 bits per heavy atom. The summed E-state index contributed by atoms with van der Waals surface area (Å²) in [5.41, 5.74) is 0.386. The molecule has 1 aromatic rings. The molecule has 2 heterocycles. The average Bonchev–Trinajstić information content (AvgIpc) is 2.81. The topological polar surface area (TPSA) is 83.7 Å². The van der Waals surface area contributed by atoms with E-state index < -0.39 is 10.0 Å². The maximum absolute atomic E-state index is 12.9. The van der Waals surface area contributed by atoms with E-state index >= 15 is 0 Å². The van der Waals surface area contributed by atoms with Crippen LogP contribution in [0.15, 0.2) is 9.42 Å². The van der Waals surface area contributed by atoms with E-state index in [1.165, 1.54) is 10.7 Å². The van der Waals surface area contributed by atoms with Crippen LogP contribution in [0.1, 0.15) is 50.0 Å². The van der Waals surface area contributed by atoms with Crippen molar-refractivity contribution in [2.45, 2.75) is 57.3 Å². The Morgan fingerprint density at radius 3 is 2.40 bits per heavy atom. The average molecular weight is 369 g/mol. The first kappa shape index (κ1) is 18.4. The van der Waals surface area contributed by atoms with Gasteiger partial charge in [-0.3, -0.25) is 4.79 Å². The van der Waals surface area contributed by atoms with E-state index in [9.17, 15) is 13.2 Å². The molecule has 1 aromatic heterocycles. The van der Waals surface area contributed by atoms with Crippen LogP contribution in [-0.4, -0.2) is 54.9 Å². The highest BCUT2D eigenvalue weighted by Gasteiger charge is 2.34. The lowest BCUT2D eigenvalue weighted by Gasteiger charge is -2.28. The van der Waals surface area contributed by atoms with E-state index in [1.54, 1.807) is 13.8 Å². The monoisotopic (exact) mass is 369 g/mol. The van der Waals surface area contributed by atoms with E-state index in [0.29, 0.717) is 44.1 Å². The summed E-state index contributed by atoms with van der Waals surface area (Å²) >= 11 is 0. The van der Waals surface area contributed by atoms with Gasteiger partial charge in [0.25, 0.3) is 0 Å². The van der Waals surface area contributed by atoms with Crippen molar-refractivity contribution in [1.29, 1.82) is 0 Å². The third kappa shape index (κ3) is 3.74. The molecule has 0 spiro atoms. The number of hydrogen-bond acceptors (Lipinski definition) is 5. The van der Waals surface area contributed by atoms with Crippen molar-refractivity contribution in [1.82, 2.24) is 14.4 Å². The fourth-order valence-corrected chi connectivity index (χ4v) is 5.70. The van der Waals surface area contributed by atoms with Gasteiger partial charge in [-0.1, -0.05) is 24.4 Å². The maximum Gasteiger partial charge on any atom is 0.248 e. The molecule has 0 radical (unpaired) electrons. The van der Waals surface area contributed by atoms with Crippen LogP contribution in [0.4, 0.5) is 0 Å². The minimum absolute atomic E-state index is 0.125. The van der Waals surface area contributed by atoms with Gasteiger partial charge < -0.3 is 9.42 Å². The molecule has 0 aromatic carbocycles. The molecule has 1 saturated carbocycles. The molecular weight excluding hydrogens is 342 g/mol. The number of rotatable bonds is 3. The normalized spacial score (nSPS) is 21.3. The second-order valence-corrected chi connectivity index (χ2v) is 8.95. The summed E-state index contributed by atoms with van der Waals surface area (Å²) in [4.78, 5) is 14.8. The standard InChI is InChI=1S/C17H27N3O4S/c1-13-16(14(2)24-18-13)25(22,23)20-10-6-9-19(11-12-20)17(21)15-7-4-3-5-8-15/h15H,3-12H2,1-2H3. The van der Waals surface area contributed by atoms with Crippen LogP contribution in [0, 0.1) is 19.8 Å². The number of carbonyl (C=O) groups excluding carboxylic acids is 1. The largest absolute Gasteiger partial charge is 0.360 e. The molecule has 0 N–H and O–H groups in total. The van der Waals surface area contributed by atoms with E-state index in [0.717, 1.165) is 25.7 Å². The number of aromatic nitrogens is 1. The molecule has 2 aliphatic rings. The maximum atomic E-state index is 12.9. The number of carbonyl (C=O) groups is 1. The Balaban J connectivity index is 1.70. The van der Waals surface area contributed by atoms with Crippen LogP contribution in [0.2, 0.25) is 0 Å². The van der Waals surface area contributed by atoms with Crippen molar-refractivity contribution in [2.75, 3.05) is 26.2 Å². The fourth-order valence-electron chi connectivity index (χ4n) is 3.93. The van der Waals surface area contributed by atoms with Crippen molar-refractivity contribution in [3.63, 3.8) is 0 Å². The van der Waals surface area contributed by atoms with Gasteiger partial charge in [0.1, 0.15) is 10.6 Å². The summed E-state index contributed by atoms with van der Waals surface area (Å²) in [5, 5.41) is 3.76. The Kier molecular flexibility index (Phi) is 5.48. The van der Waals surface area contributed by atoms with Gasteiger partial charge in [-0.15, -0.1) is 0 Å². The minimum Gasteiger partial charge on any atom is -0.360 e. The molecule has 2 fully saturated rings. The number of hydrogen-bond donors (Lipinski definition) is 0. The first-order valence-electron chi connectivity index (χ1n) is 9.13. The number of nitrogens with zero attached hydrogens (tertiary/aromatic N) is 3. The Bertz CT molecular complexity index is 703. The van der Waals surface area contributed by atoms with E-state index in [-0.39, 0.29) is 16.7 Å². The van der Waals surface area contributed by atoms with Crippen LogP contribution in [-0.2, 0) is 14.8 Å². The number of sulfonamides is 1. The lowest BCUT2D eigenvalue weighted by Crippen LogP contribution is -2.40. The third-order valence-electron chi connectivity index (χ3n) is 5.29. The molecule has 8 heteroatoms. The Hall–Kier alpha value is -1.41. The van der Waals surface area contributed by atoms with Crippen molar-refractivity contribution >= 4 is 15.9 Å². The van der Waals surface area contributed by atoms with Crippen LogP contribution in [0.5, 0.6) is 0 Å². The molecule has 25 heavy (non-hydrogen) atoms. The highest BCUT2D eigenvalue weighted by molar-refractivity contribution is 7.89. The predicted octanol–water partition coefficient (Wildman–Crippen LogP) is 2.09. The highest BCUT2D eigenvalue weighted by Crippen LogP contribution is 2.27. The molecule has 140 valence electrons. The number of amides is 1. The zero-order valence-corrected chi connectivity index (χ0v) is 15.8.